The van der Waals surface area contributed by atoms with Crippen LogP contribution in [0.5, 0.6) is 0 Å². The second kappa shape index (κ2) is 9.41. The average Bonchev–Trinajstić information content (AvgIpc) is 3.15. The lowest BCUT2D eigenvalue weighted by molar-refractivity contribution is -0.171. The summed E-state index contributed by atoms with van der Waals surface area (Å²) in [5.74, 6) is -1.00. The predicted octanol–water partition coefficient (Wildman–Crippen LogP) is 4.61. The number of benzene rings is 1. The van der Waals surface area contributed by atoms with Crippen molar-refractivity contribution in [2.24, 2.45) is 5.41 Å². The molecule has 0 atom stereocenters. The van der Waals surface area contributed by atoms with E-state index < -0.39 is 17.4 Å². The smallest absolute Gasteiger partial charge is 0.324 e. The van der Waals surface area contributed by atoms with Crippen molar-refractivity contribution in [1.82, 2.24) is 4.98 Å². The van der Waals surface area contributed by atoms with Crippen LogP contribution in [0.2, 0.25) is 0 Å². The molecule has 0 bridgehead atoms. The number of hydrogen-bond donors (Lipinski definition) is 0. The highest BCUT2D eigenvalue weighted by Crippen LogP contribution is 2.45. The molecule has 0 radical (unpaired) electrons. The van der Waals surface area contributed by atoms with E-state index in [0.717, 1.165) is 52.9 Å². The third-order valence-corrected chi connectivity index (χ3v) is 5.80. The van der Waals surface area contributed by atoms with Gasteiger partial charge in [-0.1, -0.05) is 43.7 Å². The second-order valence-corrected chi connectivity index (χ2v) is 7.82. The Hall–Kier alpha value is -2.69. The summed E-state index contributed by atoms with van der Waals surface area (Å²) in [6, 6.07) is 10.1. The van der Waals surface area contributed by atoms with Gasteiger partial charge in [-0.3, -0.25) is 14.6 Å². The van der Waals surface area contributed by atoms with Gasteiger partial charge in [0.1, 0.15) is 0 Å². The van der Waals surface area contributed by atoms with Gasteiger partial charge in [-0.25, -0.2) is 0 Å². The number of rotatable bonds is 8. The molecule has 0 N–H and O–H groups in total. The summed E-state index contributed by atoms with van der Waals surface area (Å²) in [6.07, 6.45) is 3.46. The Labute approximate surface area is 178 Å². The van der Waals surface area contributed by atoms with Gasteiger partial charge in [0, 0.05) is 29.8 Å². The van der Waals surface area contributed by atoms with Gasteiger partial charge in [0.2, 0.25) is 0 Å². The van der Waals surface area contributed by atoms with Crippen molar-refractivity contribution in [3.8, 4) is 11.1 Å². The van der Waals surface area contributed by atoms with E-state index in [-0.39, 0.29) is 26.1 Å². The van der Waals surface area contributed by atoms with Gasteiger partial charge >= 0.3 is 11.9 Å². The normalized spacial score (nSPS) is 14.3. The van der Waals surface area contributed by atoms with Crippen LogP contribution in [-0.4, -0.2) is 30.1 Å². The number of aryl methyl sites for hydroxylation is 2. The highest BCUT2D eigenvalue weighted by atomic mass is 16.6. The molecule has 1 aromatic heterocycles. The fourth-order valence-electron chi connectivity index (χ4n) is 4.39. The number of ether oxygens (including phenoxy) is 2. The van der Waals surface area contributed by atoms with Crippen molar-refractivity contribution in [1.29, 1.82) is 0 Å². The lowest BCUT2D eigenvalue weighted by Gasteiger charge is -2.24. The van der Waals surface area contributed by atoms with Crippen LogP contribution >= 0.6 is 0 Å². The van der Waals surface area contributed by atoms with Crippen LogP contribution in [0.3, 0.4) is 0 Å². The summed E-state index contributed by atoms with van der Waals surface area (Å²) in [5, 5.41) is 0. The number of carbonyl (C=O) groups excluding carboxylic acids is 2. The first-order chi connectivity index (χ1) is 14.5. The average molecular weight is 410 g/mol. The topological polar surface area (TPSA) is 65.5 Å². The first kappa shape index (κ1) is 22.0. The van der Waals surface area contributed by atoms with E-state index in [1.807, 2.05) is 37.3 Å². The summed E-state index contributed by atoms with van der Waals surface area (Å²) in [6.45, 7) is 8.11. The maximum Gasteiger partial charge on any atom is 0.324 e. The largest absolute Gasteiger partial charge is 0.465 e. The zero-order chi connectivity index (χ0) is 21.7. The molecule has 0 saturated heterocycles. The van der Waals surface area contributed by atoms with Crippen molar-refractivity contribution < 1.29 is 19.1 Å². The summed E-state index contributed by atoms with van der Waals surface area (Å²) >= 11 is 0. The number of pyridine rings is 1. The minimum Gasteiger partial charge on any atom is -0.465 e. The number of fused-ring (bicyclic) bond motifs is 1. The minimum absolute atomic E-state index is 0.224. The Morgan fingerprint density at radius 1 is 0.967 bits per heavy atom. The summed E-state index contributed by atoms with van der Waals surface area (Å²) in [4.78, 5) is 31.1. The molecule has 3 rings (SSSR count). The number of esters is 2. The molecule has 1 heterocycles. The number of carbonyl (C=O) groups is 2. The van der Waals surface area contributed by atoms with E-state index in [1.165, 1.54) is 0 Å². The monoisotopic (exact) mass is 409 g/mol. The second-order valence-electron chi connectivity index (χ2n) is 7.82. The molecule has 1 aromatic carbocycles. The highest BCUT2D eigenvalue weighted by molar-refractivity contribution is 6.02. The number of unbranched alkanes of at least 4 members (excludes halogenated alkanes) is 1. The molecule has 0 spiro atoms. The fourth-order valence-corrected chi connectivity index (χ4v) is 4.39. The van der Waals surface area contributed by atoms with Crippen molar-refractivity contribution in [3.05, 3.63) is 52.8 Å². The molecule has 0 saturated carbocycles. The molecule has 2 aromatic rings. The molecule has 5 heteroatoms. The Kier molecular flexibility index (Phi) is 6.91. The maximum atomic E-state index is 13.1. The van der Waals surface area contributed by atoms with Crippen LogP contribution in [0.15, 0.2) is 30.3 Å². The van der Waals surface area contributed by atoms with Crippen LogP contribution in [-0.2, 0) is 38.3 Å². The van der Waals surface area contributed by atoms with E-state index >= 15 is 0 Å². The standard InChI is InChI=1S/C25H31NO4/c1-5-8-14-21-19-15-25(23(27)29-6-2,24(28)30-7-3)16-20(19)22(17(4)26-21)18-12-10-9-11-13-18/h9-13H,5-8,14-16H2,1-4H3. The zero-order valence-electron chi connectivity index (χ0n) is 18.4. The maximum absolute atomic E-state index is 13.1. The lowest BCUT2D eigenvalue weighted by Crippen LogP contribution is -2.43. The molecule has 160 valence electrons. The fraction of sp³-hybridized carbons (Fsp3) is 0.480. The molecule has 0 unspecified atom stereocenters. The van der Waals surface area contributed by atoms with Gasteiger partial charge in [0.15, 0.2) is 5.41 Å². The molecular weight excluding hydrogens is 378 g/mol. The van der Waals surface area contributed by atoms with E-state index in [4.69, 9.17) is 14.5 Å². The van der Waals surface area contributed by atoms with Crippen LogP contribution in [0, 0.1) is 12.3 Å². The Balaban J connectivity index is 2.19. The van der Waals surface area contributed by atoms with Gasteiger partial charge in [-0.2, -0.15) is 0 Å². The quantitative estimate of drug-likeness (QED) is 0.470. The molecule has 0 amide bonds. The molecule has 1 aliphatic carbocycles. The van der Waals surface area contributed by atoms with Gasteiger partial charge in [0.05, 0.1) is 13.2 Å². The minimum atomic E-state index is -1.34. The van der Waals surface area contributed by atoms with Gasteiger partial charge in [-0.05, 0) is 50.3 Å². The third-order valence-electron chi connectivity index (χ3n) is 5.80. The van der Waals surface area contributed by atoms with E-state index in [9.17, 15) is 9.59 Å². The van der Waals surface area contributed by atoms with Crippen LogP contribution in [0.1, 0.15) is 56.1 Å². The molecule has 0 aliphatic heterocycles. The van der Waals surface area contributed by atoms with Crippen molar-refractivity contribution >= 4 is 11.9 Å². The molecule has 30 heavy (non-hydrogen) atoms. The summed E-state index contributed by atoms with van der Waals surface area (Å²) in [5.41, 5.74) is 4.67. The van der Waals surface area contributed by atoms with E-state index in [0.29, 0.717) is 0 Å². The van der Waals surface area contributed by atoms with Gasteiger partial charge in [-0.15, -0.1) is 0 Å². The molecule has 5 nitrogen and oxygen atoms in total. The van der Waals surface area contributed by atoms with Crippen molar-refractivity contribution in [3.63, 3.8) is 0 Å². The van der Waals surface area contributed by atoms with Gasteiger partial charge < -0.3 is 9.47 Å². The van der Waals surface area contributed by atoms with Crippen LogP contribution < -0.4 is 0 Å². The van der Waals surface area contributed by atoms with Crippen molar-refractivity contribution in [2.45, 2.75) is 59.8 Å². The zero-order valence-corrected chi connectivity index (χ0v) is 18.4. The number of hydrogen-bond acceptors (Lipinski definition) is 5. The molecular formula is C25H31NO4. The predicted molar refractivity (Wildman–Crippen MR) is 116 cm³/mol. The Morgan fingerprint density at radius 2 is 1.57 bits per heavy atom. The van der Waals surface area contributed by atoms with E-state index in [1.54, 1.807) is 13.8 Å². The van der Waals surface area contributed by atoms with Crippen molar-refractivity contribution in [2.75, 3.05) is 13.2 Å². The van der Waals surface area contributed by atoms with Crippen LogP contribution in [0.25, 0.3) is 11.1 Å². The number of nitrogens with zero attached hydrogens (tertiary/aromatic N) is 1. The van der Waals surface area contributed by atoms with Crippen LogP contribution in [0.4, 0.5) is 0 Å². The number of aromatic nitrogens is 1. The summed E-state index contributed by atoms with van der Waals surface area (Å²) in [7, 11) is 0. The highest BCUT2D eigenvalue weighted by Gasteiger charge is 2.54. The first-order valence-electron chi connectivity index (χ1n) is 10.9. The summed E-state index contributed by atoms with van der Waals surface area (Å²) < 4.78 is 10.7. The SMILES string of the molecule is CCCCc1nc(C)c(-c2ccccc2)c2c1CC(C(=O)OCC)(C(=O)OCC)C2. The Morgan fingerprint density at radius 3 is 2.13 bits per heavy atom. The lowest BCUT2D eigenvalue weighted by atomic mass is 9.84. The molecule has 0 fully saturated rings. The van der Waals surface area contributed by atoms with E-state index in [2.05, 4.69) is 6.92 Å². The third kappa shape index (κ3) is 3.98. The first-order valence-corrected chi connectivity index (χ1v) is 10.9. The van der Waals surface area contributed by atoms with Gasteiger partial charge in [0.25, 0.3) is 0 Å². The Bertz CT molecular complexity index is 902. The molecule has 1 aliphatic rings.